The van der Waals surface area contributed by atoms with Gasteiger partial charge in [-0.2, -0.15) is 0 Å². The van der Waals surface area contributed by atoms with Crippen molar-refractivity contribution in [1.82, 2.24) is 4.90 Å². The summed E-state index contributed by atoms with van der Waals surface area (Å²) < 4.78 is 25.8. The Bertz CT molecular complexity index is 1670. The monoisotopic (exact) mass is 673 g/mol. The Hall–Kier alpha value is -3.89. The molecular formula is C38H44FN3O5S. The average molecular weight is 674 g/mol. The summed E-state index contributed by atoms with van der Waals surface area (Å²) >= 11 is 1.52. The summed E-state index contributed by atoms with van der Waals surface area (Å²) in [6, 6.07) is 20.5. The van der Waals surface area contributed by atoms with E-state index < -0.39 is 17.6 Å². The third-order valence-electron chi connectivity index (χ3n) is 9.12. The summed E-state index contributed by atoms with van der Waals surface area (Å²) in [6.45, 7) is 7.23. The molecule has 3 aromatic carbocycles. The number of anilines is 2. The van der Waals surface area contributed by atoms with E-state index >= 15 is 0 Å². The first kappa shape index (κ1) is 34.0. The fourth-order valence-corrected chi connectivity index (χ4v) is 7.62. The molecule has 0 unspecified atom stereocenters. The van der Waals surface area contributed by atoms with Crippen molar-refractivity contribution < 1.29 is 28.2 Å². The highest BCUT2D eigenvalue weighted by Crippen LogP contribution is 2.43. The Labute approximate surface area is 286 Å². The highest BCUT2D eigenvalue weighted by molar-refractivity contribution is 8.00. The van der Waals surface area contributed by atoms with E-state index in [1.807, 2.05) is 79.1 Å². The number of fused-ring (bicyclic) bond motifs is 1. The highest BCUT2D eigenvalue weighted by atomic mass is 32.2. The fourth-order valence-electron chi connectivity index (χ4n) is 6.71. The molecule has 2 fully saturated rings. The Morgan fingerprint density at radius 1 is 1.02 bits per heavy atom. The van der Waals surface area contributed by atoms with E-state index in [1.54, 1.807) is 24.1 Å². The van der Waals surface area contributed by atoms with Gasteiger partial charge in [0.2, 0.25) is 11.8 Å². The predicted molar refractivity (Wildman–Crippen MR) is 187 cm³/mol. The number of rotatable bonds is 9. The van der Waals surface area contributed by atoms with Crippen molar-refractivity contribution in [2.75, 3.05) is 48.9 Å². The number of ether oxygens (including phenoxy) is 2. The second-order valence-corrected chi connectivity index (χ2v) is 14.8. The Kier molecular flexibility index (Phi) is 10.1. The van der Waals surface area contributed by atoms with Crippen LogP contribution in [0.5, 0.6) is 0 Å². The quantitative estimate of drug-likeness (QED) is 0.219. The molecular weight excluding hydrogens is 629 g/mol. The number of piperidine rings is 1. The van der Waals surface area contributed by atoms with Crippen molar-refractivity contribution in [2.24, 2.45) is 5.92 Å². The lowest BCUT2D eigenvalue weighted by atomic mass is 9.78. The minimum Gasteiger partial charge on any atom is -0.444 e. The number of amides is 3. The van der Waals surface area contributed by atoms with Gasteiger partial charge in [0, 0.05) is 55.5 Å². The maximum Gasteiger partial charge on any atom is 0.410 e. The minimum absolute atomic E-state index is 0.0340. The van der Waals surface area contributed by atoms with Crippen LogP contribution >= 0.6 is 11.8 Å². The van der Waals surface area contributed by atoms with Crippen molar-refractivity contribution in [3.8, 4) is 11.1 Å². The Balaban J connectivity index is 1.36. The van der Waals surface area contributed by atoms with Gasteiger partial charge in [-0.25, -0.2) is 9.18 Å². The zero-order valence-corrected chi connectivity index (χ0v) is 28.9. The van der Waals surface area contributed by atoms with Gasteiger partial charge < -0.3 is 24.2 Å². The summed E-state index contributed by atoms with van der Waals surface area (Å²) in [7, 11) is 1.65. The number of nitrogens with zero attached hydrogens (tertiary/aromatic N) is 3. The molecule has 48 heavy (non-hydrogen) atoms. The lowest BCUT2D eigenvalue weighted by Crippen LogP contribution is -2.51. The van der Waals surface area contributed by atoms with Crippen LogP contribution in [-0.2, 0) is 19.1 Å². The van der Waals surface area contributed by atoms with Crippen LogP contribution in [-0.4, -0.2) is 73.6 Å². The molecule has 1 aliphatic carbocycles. The van der Waals surface area contributed by atoms with Crippen molar-refractivity contribution >= 4 is 41.0 Å². The molecule has 0 N–H and O–H groups in total. The third kappa shape index (κ3) is 7.55. The smallest absolute Gasteiger partial charge is 0.410 e. The van der Waals surface area contributed by atoms with Crippen LogP contribution in [0.4, 0.5) is 20.6 Å². The number of carbonyl (C=O) groups is 3. The molecule has 0 radical (unpaired) electrons. The van der Waals surface area contributed by atoms with Gasteiger partial charge in [0.15, 0.2) is 0 Å². The second kappa shape index (κ2) is 14.3. The Morgan fingerprint density at radius 3 is 2.54 bits per heavy atom. The molecule has 3 aromatic rings. The molecule has 2 atom stereocenters. The summed E-state index contributed by atoms with van der Waals surface area (Å²) in [6.07, 6.45) is 2.58. The number of hydrogen-bond acceptors (Lipinski definition) is 6. The number of thioether (sulfide) groups is 1. The molecule has 1 saturated heterocycles. The number of halogens is 1. The lowest BCUT2D eigenvalue weighted by Gasteiger charge is -2.41. The normalized spacial score (nSPS) is 19.6. The molecule has 0 aromatic heterocycles. The number of methoxy groups -OCH3 is 1. The summed E-state index contributed by atoms with van der Waals surface area (Å²) in [4.78, 5) is 47.6. The van der Waals surface area contributed by atoms with Crippen molar-refractivity contribution in [2.45, 2.75) is 68.9 Å². The molecule has 3 amide bonds. The molecule has 6 rings (SSSR count). The lowest BCUT2D eigenvalue weighted by molar-refractivity contribution is -0.124. The van der Waals surface area contributed by atoms with E-state index in [-0.39, 0.29) is 36.1 Å². The molecule has 254 valence electrons. The van der Waals surface area contributed by atoms with Gasteiger partial charge in [0.1, 0.15) is 11.4 Å². The third-order valence-corrected chi connectivity index (χ3v) is 10.2. The number of likely N-dealkylation sites (tertiary alicyclic amines) is 1. The first-order valence-corrected chi connectivity index (χ1v) is 17.7. The molecule has 2 heterocycles. The van der Waals surface area contributed by atoms with E-state index in [0.29, 0.717) is 43.9 Å². The van der Waals surface area contributed by atoms with Crippen LogP contribution < -0.4 is 9.80 Å². The zero-order chi connectivity index (χ0) is 34.0. The molecule has 0 spiro atoms. The maximum absolute atomic E-state index is 14.9. The van der Waals surface area contributed by atoms with Gasteiger partial charge >= 0.3 is 6.09 Å². The molecule has 0 bridgehead atoms. The maximum atomic E-state index is 14.9. The molecule has 8 nitrogen and oxygen atoms in total. The van der Waals surface area contributed by atoms with Crippen molar-refractivity contribution in [3.63, 3.8) is 0 Å². The number of carbonyl (C=O) groups excluding carboxylic acids is 3. The predicted octanol–water partition coefficient (Wildman–Crippen LogP) is 7.50. The molecule has 2 aliphatic heterocycles. The largest absolute Gasteiger partial charge is 0.444 e. The van der Waals surface area contributed by atoms with Gasteiger partial charge in [0.25, 0.3) is 0 Å². The summed E-state index contributed by atoms with van der Waals surface area (Å²) in [5.41, 5.74) is 3.08. The molecule has 3 aliphatic rings. The zero-order valence-electron chi connectivity index (χ0n) is 28.1. The van der Waals surface area contributed by atoms with Gasteiger partial charge in [0.05, 0.1) is 17.4 Å². The van der Waals surface area contributed by atoms with E-state index in [4.69, 9.17) is 9.47 Å². The standard InChI is InChI=1S/C38H44FN3O5S/c1-38(2,3)47-37(45)40-19-17-29(25-9-7-10-26(21-25)30-11-5-6-12-32(30)39)31(23-40)36(44)42(27-13-14-27)28-15-16-34-33(22-28)41(18-8-20-46-4)35(43)24-48-34/h5-7,9-12,15-16,21-22,27,29,31H,8,13-14,17-20,23-24H2,1-4H3/t29-,31+/m1/s1. The SMILES string of the molecule is COCCCN1C(=O)CSc2ccc(N(C(=O)[C@H]3CN(C(=O)OC(C)(C)C)CC[C@@H]3c3cccc(-c4ccccc4F)c3)C3CC3)cc21. The Morgan fingerprint density at radius 2 is 1.81 bits per heavy atom. The van der Waals surface area contributed by atoms with E-state index in [0.717, 1.165) is 40.2 Å². The first-order valence-electron chi connectivity index (χ1n) is 16.8. The number of benzene rings is 3. The van der Waals surface area contributed by atoms with Crippen molar-refractivity contribution in [1.29, 1.82) is 0 Å². The first-order chi connectivity index (χ1) is 23.0. The average Bonchev–Trinajstić information content (AvgIpc) is 3.90. The molecule has 10 heteroatoms. The minimum atomic E-state index is -0.671. The van der Waals surface area contributed by atoms with Crippen molar-refractivity contribution in [3.05, 3.63) is 78.1 Å². The van der Waals surface area contributed by atoms with Gasteiger partial charge in [-0.15, -0.1) is 11.8 Å². The van der Waals surface area contributed by atoms with Crippen LogP contribution in [0.2, 0.25) is 0 Å². The molecule has 1 saturated carbocycles. The van der Waals surface area contributed by atoms with Crippen LogP contribution in [0.15, 0.2) is 71.6 Å². The van der Waals surface area contributed by atoms with E-state index in [2.05, 4.69) is 0 Å². The van der Waals surface area contributed by atoms with Crippen LogP contribution in [0.3, 0.4) is 0 Å². The second-order valence-electron chi connectivity index (χ2n) is 13.8. The van der Waals surface area contributed by atoms with Gasteiger partial charge in [-0.05, 0) is 87.8 Å². The summed E-state index contributed by atoms with van der Waals surface area (Å²) in [5.74, 6) is -0.715. The topological polar surface area (TPSA) is 79.4 Å². The fraction of sp³-hybridized carbons (Fsp3) is 0.447. The van der Waals surface area contributed by atoms with E-state index in [9.17, 15) is 18.8 Å². The van der Waals surface area contributed by atoms with Crippen LogP contribution in [0, 0.1) is 11.7 Å². The van der Waals surface area contributed by atoms with Gasteiger partial charge in [-0.3, -0.25) is 9.59 Å². The van der Waals surface area contributed by atoms with Crippen LogP contribution in [0.25, 0.3) is 11.1 Å². The van der Waals surface area contributed by atoms with E-state index in [1.165, 1.54) is 17.8 Å². The summed E-state index contributed by atoms with van der Waals surface area (Å²) in [5, 5.41) is 0. The van der Waals surface area contributed by atoms with Gasteiger partial charge in [-0.1, -0.05) is 42.5 Å². The number of hydrogen-bond donors (Lipinski definition) is 0. The highest BCUT2D eigenvalue weighted by Gasteiger charge is 2.44. The van der Waals surface area contributed by atoms with Crippen LogP contribution in [0.1, 0.15) is 57.9 Å².